The third-order valence-corrected chi connectivity index (χ3v) is 5.04. The highest BCUT2D eigenvalue weighted by atomic mass is 19.1. The maximum atomic E-state index is 13.3. The number of nitrogens with one attached hydrogen (secondary N) is 2. The molecule has 3 fully saturated rings. The number of carbonyl (C=O) groups excluding carboxylic acids is 1. The van der Waals surface area contributed by atoms with Gasteiger partial charge in [-0.3, -0.25) is 4.79 Å². The molecule has 2 N–H and O–H groups in total. The fourth-order valence-electron chi connectivity index (χ4n) is 3.73. The van der Waals surface area contributed by atoms with E-state index in [1.165, 1.54) is 25.0 Å². The number of H-pyrrole nitrogens is 1. The molecule has 1 aromatic heterocycles. The van der Waals surface area contributed by atoms with Gasteiger partial charge >= 0.3 is 0 Å². The molecule has 1 atom stereocenters. The van der Waals surface area contributed by atoms with E-state index in [-0.39, 0.29) is 17.8 Å². The molecule has 23 heavy (non-hydrogen) atoms. The zero-order chi connectivity index (χ0) is 15.8. The summed E-state index contributed by atoms with van der Waals surface area (Å²) in [5, 5.41) is 3.16. The van der Waals surface area contributed by atoms with Crippen LogP contribution in [0.5, 0.6) is 0 Å². The van der Waals surface area contributed by atoms with Gasteiger partial charge in [-0.25, -0.2) is 4.39 Å². The van der Waals surface area contributed by atoms with Gasteiger partial charge in [-0.1, -0.05) is 12.1 Å². The number of nitrogens with zero attached hydrogens (tertiary/aromatic N) is 1. The average Bonchev–Trinajstić information content (AvgIpc) is 3.06. The van der Waals surface area contributed by atoms with E-state index in [4.69, 9.17) is 0 Å². The highest BCUT2D eigenvalue weighted by Gasteiger charge is 2.35. The monoisotopic (exact) mass is 313 g/mol. The molecule has 0 radical (unpaired) electrons. The summed E-state index contributed by atoms with van der Waals surface area (Å²) < 4.78 is 13.3. The Labute approximate surface area is 134 Å². The molecule has 120 valence electrons. The van der Waals surface area contributed by atoms with Crippen LogP contribution in [0, 0.1) is 11.7 Å². The topological polar surface area (TPSA) is 48.1 Å². The van der Waals surface area contributed by atoms with Gasteiger partial charge in [0.2, 0.25) is 0 Å². The maximum absolute atomic E-state index is 13.3. The fourth-order valence-corrected chi connectivity index (χ4v) is 3.73. The molecule has 5 rings (SSSR count). The highest BCUT2D eigenvalue weighted by Crippen LogP contribution is 2.27. The molecule has 0 aliphatic carbocycles. The second kappa shape index (κ2) is 5.81. The lowest BCUT2D eigenvalue weighted by molar-refractivity contribution is 0.0618. The Kier molecular flexibility index (Phi) is 3.65. The molecule has 3 saturated heterocycles. The number of halogens is 1. The molecule has 2 aromatic rings. The zero-order valence-corrected chi connectivity index (χ0v) is 12.9. The molecule has 3 aliphatic rings. The molecule has 2 bridgehead atoms. The lowest BCUT2D eigenvalue weighted by Crippen LogP contribution is -2.57. The smallest absolute Gasteiger partial charge is 0.267 e. The maximum Gasteiger partial charge on any atom is 0.267 e. The second-order valence-electron chi connectivity index (χ2n) is 6.51. The Bertz CT molecular complexity index is 719. The van der Waals surface area contributed by atoms with Gasteiger partial charge in [-0.15, -0.1) is 0 Å². The number of carbonyl (C=O) groups is 1. The Hall–Kier alpha value is -2.14. The van der Waals surface area contributed by atoms with E-state index in [1.54, 1.807) is 12.1 Å². The number of piperidine rings is 3. The van der Waals surface area contributed by atoms with E-state index < -0.39 is 0 Å². The quantitative estimate of drug-likeness (QED) is 0.915. The third kappa shape index (κ3) is 2.88. The van der Waals surface area contributed by atoms with Crippen molar-refractivity contribution in [2.45, 2.75) is 18.9 Å². The zero-order valence-electron chi connectivity index (χ0n) is 12.9. The second-order valence-corrected chi connectivity index (χ2v) is 6.51. The van der Waals surface area contributed by atoms with Crippen molar-refractivity contribution in [3.63, 3.8) is 0 Å². The van der Waals surface area contributed by atoms with Crippen LogP contribution in [0.2, 0.25) is 0 Å². The van der Waals surface area contributed by atoms with Crippen molar-refractivity contribution in [2.75, 3.05) is 19.6 Å². The molecule has 0 unspecified atom stereocenters. The summed E-state index contributed by atoms with van der Waals surface area (Å²) in [5.41, 5.74) is 2.02. The van der Waals surface area contributed by atoms with Crippen molar-refractivity contribution in [1.82, 2.24) is 15.2 Å². The van der Waals surface area contributed by atoms with Crippen LogP contribution in [0.4, 0.5) is 4.39 Å². The first-order valence-corrected chi connectivity index (χ1v) is 8.17. The first-order valence-electron chi connectivity index (χ1n) is 8.17. The first-order chi connectivity index (χ1) is 11.2. The van der Waals surface area contributed by atoms with Gasteiger partial charge in [0.15, 0.2) is 0 Å². The molecule has 1 amide bonds. The van der Waals surface area contributed by atoms with Crippen molar-refractivity contribution in [2.24, 2.45) is 5.92 Å². The van der Waals surface area contributed by atoms with Crippen LogP contribution in [-0.4, -0.2) is 41.5 Å². The van der Waals surface area contributed by atoms with Crippen LogP contribution < -0.4 is 5.32 Å². The summed E-state index contributed by atoms with van der Waals surface area (Å²) in [6.45, 7) is 3.26. The molecule has 4 nitrogen and oxygen atoms in total. The van der Waals surface area contributed by atoms with E-state index >= 15 is 0 Å². The summed E-state index contributed by atoms with van der Waals surface area (Å²) in [7, 11) is 0. The SMILES string of the molecule is O=C(N[C@H]1CN2CCC1CC2)c1ccc(-c2cccc(F)c2)[nH]1. The van der Waals surface area contributed by atoms with Gasteiger partial charge in [0.25, 0.3) is 5.91 Å². The Balaban J connectivity index is 1.47. The van der Waals surface area contributed by atoms with Gasteiger partial charge in [0.1, 0.15) is 11.5 Å². The number of benzene rings is 1. The standard InChI is InChI=1S/C18H20FN3O/c19-14-3-1-2-13(10-14)15-4-5-16(20-15)18(23)21-17-11-22-8-6-12(17)7-9-22/h1-5,10,12,17,20H,6-9,11H2,(H,21,23)/t17-/m0/s1. The van der Waals surface area contributed by atoms with Crippen LogP contribution in [0.25, 0.3) is 11.3 Å². The highest BCUT2D eigenvalue weighted by molar-refractivity contribution is 5.93. The summed E-state index contributed by atoms with van der Waals surface area (Å²) in [6, 6.07) is 10.2. The molecular weight excluding hydrogens is 293 g/mol. The largest absolute Gasteiger partial charge is 0.351 e. The lowest BCUT2D eigenvalue weighted by atomic mass is 9.84. The minimum absolute atomic E-state index is 0.0774. The Morgan fingerprint density at radius 2 is 2.04 bits per heavy atom. The van der Waals surface area contributed by atoms with Gasteiger partial charge in [-0.2, -0.15) is 0 Å². The molecule has 1 aromatic carbocycles. The minimum atomic E-state index is -0.282. The molecule has 0 saturated carbocycles. The van der Waals surface area contributed by atoms with Gasteiger partial charge < -0.3 is 15.2 Å². The number of amides is 1. The van der Waals surface area contributed by atoms with E-state index in [2.05, 4.69) is 15.2 Å². The van der Waals surface area contributed by atoms with Gasteiger partial charge in [0, 0.05) is 23.8 Å². The summed E-state index contributed by atoms with van der Waals surface area (Å²) in [6.07, 6.45) is 2.34. The van der Waals surface area contributed by atoms with E-state index in [0.717, 1.165) is 30.9 Å². The number of hydrogen-bond donors (Lipinski definition) is 2. The molecule has 4 heterocycles. The predicted molar refractivity (Wildman–Crippen MR) is 86.6 cm³/mol. The average molecular weight is 313 g/mol. The van der Waals surface area contributed by atoms with Crippen LogP contribution >= 0.6 is 0 Å². The van der Waals surface area contributed by atoms with Crippen LogP contribution in [0.1, 0.15) is 23.3 Å². The molecular formula is C18H20FN3O. The molecule has 0 spiro atoms. The summed E-state index contributed by atoms with van der Waals surface area (Å²) in [4.78, 5) is 18.0. The third-order valence-electron chi connectivity index (χ3n) is 5.04. The summed E-state index contributed by atoms with van der Waals surface area (Å²) >= 11 is 0. The Morgan fingerprint density at radius 3 is 2.74 bits per heavy atom. The van der Waals surface area contributed by atoms with E-state index in [1.807, 2.05) is 12.1 Å². The van der Waals surface area contributed by atoms with Crippen molar-refractivity contribution in [3.05, 3.63) is 47.9 Å². The summed E-state index contributed by atoms with van der Waals surface area (Å²) in [5.74, 6) is 0.239. The normalized spacial score (nSPS) is 26.2. The lowest BCUT2D eigenvalue weighted by Gasteiger charge is -2.44. The van der Waals surface area contributed by atoms with Crippen LogP contribution in [0.3, 0.4) is 0 Å². The number of fused-ring (bicyclic) bond motifs is 3. The number of hydrogen-bond acceptors (Lipinski definition) is 2. The first kappa shape index (κ1) is 14.5. The van der Waals surface area contributed by atoms with Crippen molar-refractivity contribution >= 4 is 5.91 Å². The number of rotatable bonds is 3. The van der Waals surface area contributed by atoms with Crippen molar-refractivity contribution < 1.29 is 9.18 Å². The Morgan fingerprint density at radius 1 is 1.22 bits per heavy atom. The van der Waals surface area contributed by atoms with E-state index in [0.29, 0.717) is 11.6 Å². The molecule has 3 aliphatic heterocycles. The van der Waals surface area contributed by atoms with Crippen molar-refractivity contribution in [3.8, 4) is 11.3 Å². The fraction of sp³-hybridized carbons (Fsp3) is 0.389. The van der Waals surface area contributed by atoms with Gasteiger partial charge in [-0.05, 0) is 56.1 Å². The minimum Gasteiger partial charge on any atom is -0.351 e. The van der Waals surface area contributed by atoms with Gasteiger partial charge in [0.05, 0.1) is 0 Å². The predicted octanol–water partition coefficient (Wildman–Crippen LogP) is 2.64. The van der Waals surface area contributed by atoms with Crippen LogP contribution in [0.15, 0.2) is 36.4 Å². The van der Waals surface area contributed by atoms with E-state index in [9.17, 15) is 9.18 Å². The van der Waals surface area contributed by atoms with Crippen LogP contribution in [-0.2, 0) is 0 Å². The number of aromatic amines is 1. The van der Waals surface area contributed by atoms with Crippen molar-refractivity contribution in [1.29, 1.82) is 0 Å². The number of aromatic nitrogens is 1. The molecule has 5 heteroatoms.